The predicted octanol–water partition coefficient (Wildman–Crippen LogP) is 16.4. The molecular weight excluding hydrogens is 743 g/mol. The van der Waals surface area contributed by atoms with Gasteiger partial charge in [-0.25, -0.2) is 0 Å². The van der Waals surface area contributed by atoms with Gasteiger partial charge in [-0.05, 0) is 25.7 Å². The van der Waals surface area contributed by atoms with Crippen LogP contribution < -0.4 is 5.32 Å². The van der Waals surface area contributed by atoms with Gasteiger partial charge in [0, 0.05) is 6.42 Å². The van der Waals surface area contributed by atoms with E-state index in [0.29, 0.717) is 19.3 Å². The van der Waals surface area contributed by atoms with Crippen molar-refractivity contribution in [1.82, 2.24) is 5.32 Å². The van der Waals surface area contributed by atoms with E-state index in [1.807, 2.05) is 0 Å². The number of aliphatic hydroxyl groups is 2. The first-order valence-electron chi connectivity index (χ1n) is 27.3. The number of unbranched alkanes of at least 4 members (excludes halogenated alkanes) is 38. The van der Waals surface area contributed by atoms with Crippen LogP contribution in [0.4, 0.5) is 0 Å². The number of carbonyl (C=O) groups excluding carboxylic acids is 2. The van der Waals surface area contributed by atoms with Gasteiger partial charge in [0.15, 0.2) is 0 Å². The van der Waals surface area contributed by atoms with E-state index in [1.165, 1.54) is 225 Å². The summed E-state index contributed by atoms with van der Waals surface area (Å²) in [6.07, 6.45) is 53.2. The smallest absolute Gasteiger partial charge is 0.306 e. The quantitative estimate of drug-likeness (QED) is 0.0419. The fourth-order valence-corrected chi connectivity index (χ4v) is 8.79. The first kappa shape index (κ1) is 58.9. The molecule has 0 aromatic carbocycles. The Kier molecular flexibility index (Phi) is 48.0. The number of amides is 1. The van der Waals surface area contributed by atoms with E-state index in [0.717, 1.165) is 38.5 Å². The van der Waals surface area contributed by atoms with Gasteiger partial charge in [0.1, 0.15) is 6.10 Å². The Morgan fingerprint density at radius 2 is 0.700 bits per heavy atom. The number of rotatable bonds is 50. The molecule has 6 heteroatoms. The molecule has 0 fully saturated rings. The molecule has 358 valence electrons. The van der Waals surface area contributed by atoms with Gasteiger partial charge in [0.2, 0.25) is 5.91 Å². The molecule has 0 spiro atoms. The van der Waals surface area contributed by atoms with Crippen molar-refractivity contribution in [3.63, 3.8) is 0 Å². The maximum absolute atomic E-state index is 13.2. The summed E-state index contributed by atoms with van der Waals surface area (Å²) in [7, 11) is 0. The third-order valence-corrected chi connectivity index (χ3v) is 12.9. The number of carbonyl (C=O) groups is 2. The summed E-state index contributed by atoms with van der Waals surface area (Å²) in [6.45, 7) is 6.50. The van der Waals surface area contributed by atoms with Crippen LogP contribution in [0.5, 0.6) is 0 Å². The van der Waals surface area contributed by atoms with Crippen molar-refractivity contribution in [2.45, 2.75) is 328 Å². The third kappa shape index (κ3) is 43.5. The Hall–Kier alpha value is -1.14. The van der Waals surface area contributed by atoms with Crippen LogP contribution in [0.2, 0.25) is 0 Å². The van der Waals surface area contributed by atoms with Crippen LogP contribution in [0.1, 0.15) is 310 Å². The minimum Gasteiger partial charge on any atom is -0.462 e. The highest BCUT2D eigenvalue weighted by molar-refractivity contribution is 5.77. The highest BCUT2D eigenvalue weighted by atomic mass is 16.5. The van der Waals surface area contributed by atoms with E-state index in [2.05, 4.69) is 26.1 Å². The highest BCUT2D eigenvalue weighted by Gasteiger charge is 2.24. The SMILES string of the molecule is CCCCCCCCCCCCCCCCCCCCC(=O)OC(CCCCCCCCCC)CC(=O)NC(CO)C(O)CCCCCCCCCCCCCCCCC. The van der Waals surface area contributed by atoms with E-state index in [1.54, 1.807) is 0 Å². The maximum atomic E-state index is 13.2. The normalized spacial score (nSPS) is 13.1. The summed E-state index contributed by atoms with van der Waals surface area (Å²) in [4.78, 5) is 26.1. The fraction of sp³-hybridized carbons (Fsp3) is 0.963. The first-order valence-corrected chi connectivity index (χ1v) is 27.3. The summed E-state index contributed by atoms with van der Waals surface area (Å²) >= 11 is 0. The van der Waals surface area contributed by atoms with Crippen LogP contribution >= 0.6 is 0 Å². The monoisotopic (exact) mass is 850 g/mol. The van der Waals surface area contributed by atoms with Crippen LogP contribution in [0.15, 0.2) is 0 Å². The Labute approximate surface area is 375 Å². The summed E-state index contributed by atoms with van der Waals surface area (Å²) in [5.74, 6) is -0.453. The Morgan fingerprint density at radius 1 is 0.417 bits per heavy atom. The molecule has 60 heavy (non-hydrogen) atoms. The average molecular weight is 850 g/mol. The minimum atomic E-state index is -0.779. The standard InChI is InChI=1S/C54H107NO5/c1-4-7-10-13-16-19-21-23-25-26-27-29-31-33-35-38-41-44-47-54(59)60-50(45-42-39-36-18-15-12-9-6-3)48-53(58)55-51(49-56)52(57)46-43-40-37-34-32-30-28-24-22-20-17-14-11-8-5-2/h50-52,56-57H,4-49H2,1-3H3,(H,55,58). The second kappa shape index (κ2) is 48.9. The lowest BCUT2D eigenvalue weighted by molar-refractivity contribution is -0.151. The topological polar surface area (TPSA) is 95.9 Å². The van der Waals surface area contributed by atoms with Gasteiger partial charge >= 0.3 is 5.97 Å². The molecule has 0 heterocycles. The Balaban J connectivity index is 4.31. The number of esters is 1. The van der Waals surface area contributed by atoms with Gasteiger partial charge < -0.3 is 20.3 Å². The van der Waals surface area contributed by atoms with Crippen LogP contribution in [-0.2, 0) is 14.3 Å². The van der Waals surface area contributed by atoms with Crippen molar-refractivity contribution in [3.8, 4) is 0 Å². The van der Waals surface area contributed by atoms with E-state index < -0.39 is 18.2 Å². The van der Waals surface area contributed by atoms with E-state index in [9.17, 15) is 19.8 Å². The van der Waals surface area contributed by atoms with Gasteiger partial charge in [-0.15, -0.1) is 0 Å². The lowest BCUT2D eigenvalue weighted by Gasteiger charge is -2.24. The molecule has 0 aliphatic carbocycles. The molecule has 0 bridgehead atoms. The van der Waals surface area contributed by atoms with Crippen LogP contribution in [0, 0.1) is 0 Å². The molecule has 0 saturated carbocycles. The predicted molar refractivity (Wildman–Crippen MR) is 260 cm³/mol. The zero-order chi connectivity index (χ0) is 43.8. The zero-order valence-electron chi connectivity index (χ0n) is 40.9. The van der Waals surface area contributed by atoms with E-state index >= 15 is 0 Å². The van der Waals surface area contributed by atoms with Gasteiger partial charge in [-0.1, -0.05) is 271 Å². The number of nitrogens with one attached hydrogen (secondary N) is 1. The molecular formula is C54H107NO5. The lowest BCUT2D eigenvalue weighted by Crippen LogP contribution is -2.46. The van der Waals surface area contributed by atoms with Crippen molar-refractivity contribution in [2.24, 2.45) is 0 Å². The summed E-state index contributed by atoms with van der Waals surface area (Å²) in [5, 5.41) is 23.8. The van der Waals surface area contributed by atoms with Crippen LogP contribution in [-0.4, -0.2) is 46.9 Å². The summed E-state index contributed by atoms with van der Waals surface area (Å²) in [6, 6.07) is -0.691. The molecule has 6 nitrogen and oxygen atoms in total. The third-order valence-electron chi connectivity index (χ3n) is 12.9. The molecule has 0 radical (unpaired) electrons. The molecule has 0 saturated heterocycles. The molecule has 0 aliphatic heterocycles. The lowest BCUT2D eigenvalue weighted by atomic mass is 10.0. The van der Waals surface area contributed by atoms with E-state index in [4.69, 9.17) is 4.74 Å². The average Bonchev–Trinajstić information content (AvgIpc) is 3.24. The molecule has 3 atom stereocenters. The molecule has 0 aromatic rings. The maximum Gasteiger partial charge on any atom is 0.306 e. The van der Waals surface area contributed by atoms with Crippen LogP contribution in [0.3, 0.4) is 0 Å². The molecule has 0 aromatic heterocycles. The highest BCUT2D eigenvalue weighted by Crippen LogP contribution is 2.19. The van der Waals surface area contributed by atoms with Gasteiger partial charge in [0.25, 0.3) is 0 Å². The number of hydrogen-bond donors (Lipinski definition) is 3. The van der Waals surface area contributed by atoms with Crippen molar-refractivity contribution in [1.29, 1.82) is 0 Å². The van der Waals surface area contributed by atoms with Crippen LogP contribution in [0.25, 0.3) is 0 Å². The zero-order valence-corrected chi connectivity index (χ0v) is 40.9. The summed E-state index contributed by atoms with van der Waals surface area (Å²) < 4.78 is 5.93. The Bertz CT molecular complexity index is 867. The van der Waals surface area contributed by atoms with Gasteiger partial charge in [0.05, 0.1) is 25.2 Å². The van der Waals surface area contributed by atoms with E-state index in [-0.39, 0.29) is 24.9 Å². The number of hydrogen-bond acceptors (Lipinski definition) is 5. The van der Waals surface area contributed by atoms with Crippen molar-refractivity contribution in [3.05, 3.63) is 0 Å². The number of aliphatic hydroxyl groups excluding tert-OH is 2. The molecule has 0 rings (SSSR count). The van der Waals surface area contributed by atoms with Gasteiger partial charge in [-0.3, -0.25) is 9.59 Å². The fourth-order valence-electron chi connectivity index (χ4n) is 8.79. The van der Waals surface area contributed by atoms with Crippen molar-refractivity contribution in [2.75, 3.05) is 6.61 Å². The number of ether oxygens (including phenoxy) is 1. The second-order valence-electron chi connectivity index (χ2n) is 19.0. The minimum absolute atomic E-state index is 0.0868. The van der Waals surface area contributed by atoms with Crippen molar-refractivity contribution >= 4 is 11.9 Å². The van der Waals surface area contributed by atoms with Gasteiger partial charge in [-0.2, -0.15) is 0 Å². The second-order valence-corrected chi connectivity index (χ2v) is 19.0. The first-order chi connectivity index (χ1) is 29.5. The molecule has 0 aliphatic rings. The molecule has 3 unspecified atom stereocenters. The Morgan fingerprint density at radius 3 is 1.02 bits per heavy atom. The summed E-state index contributed by atoms with van der Waals surface area (Å²) in [5.41, 5.74) is 0. The van der Waals surface area contributed by atoms with Crippen molar-refractivity contribution < 1.29 is 24.5 Å². The largest absolute Gasteiger partial charge is 0.462 e. The molecule has 3 N–H and O–H groups in total. The molecule has 1 amide bonds.